The van der Waals surface area contributed by atoms with Crippen LogP contribution in [0.3, 0.4) is 0 Å². The number of nitrogens with zero attached hydrogens (tertiary/aromatic N) is 1. The molecule has 0 unspecified atom stereocenters. The lowest BCUT2D eigenvalue weighted by Crippen LogP contribution is -2.36. The number of amides is 1. The highest BCUT2D eigenvalue weighted by Gasteiger charge is 2.26. The molecular formula is C19H21ClN2O3S. The smallest absolute Gasteiger partial charge is 0.255 e. The first kappa shape index (κ1) is 18.7. The Morgan fingerprint density at radius 1 is 1.23 bits per heavy atom. The van der Waals surface area contributed by atoms with Crippen molar-refractivity contribution in [2.24, 2.45) is 0 Å². The topological polar surface area (TPSA) is 66.5 Å². The molecule has 0 atom stereocenters. The van der Waals surface area contributed by atoms with Gasteiger partial charge in [-0.25, -0.2) is 8.42 Å². The molecule has 1 N–H and O–H groups in total. The number of hydrogen-bond acceptors (Lipinski definition) is 3. The number of nitrogens with one attached hydrogen (secondary N) is 1. The first-order valence-corrected chi connectivity index (χ1v) is 10.5. The molecule has 7 heteroatoms. The third kappa shape index (κ3) is 3.71. The van der Waals surface area contributed by atoms with Crippen LogP contribution in [0.1, 0.15) is 34.8 Å². The third-order valence-electron chi connectivity index (χ3n) is 4.57. The summed E-state index contributed by atoms with van der Waals surface area (Å²) in [6, 6.07) is 10.5. The number of sulfonamides is 1. The van der Waals surface area contributed by atoms with Gasteiger partial charge in [-0.3, -0.25) is 9.10 Å². The fourth-order valence-electron chi connectivity index (χ4n) is 3.07. The van der Waals surface area contributed by atoms with Gasteiger partial charge in [0.2, 0.25) is 10.0 Å². The zero-order valence-corrected chi connectivity index (χ0v) is 16.3. The Hall–Kier alpha value is -2.05. The minimum absolute atomic E-state index is 0.0583. The monoisotopic (exact) mass is 392 g/mol. The maximum Gasteiger partial charge on any atom is 0.255 e. The van der Waals surface area contributed by atoms with Gasteiger partial charge < -0.3 is 5.32 Å². The van der Waals surface area contributed by atoms with Crippen LogP contribution in [0.4, 0.5) is 11.4 Å². The van der Waals surface area contributed by atoms with Gasteiger partial charge in [0.25, 0.3) is 5.91 Å². The van der Waals surface area contributed by atoms with Crippen LogP contribution in [0.2, 0.25) is 5.02 Å². The lowest BCUT2D eigenvalue weighted by molar-refractivity contribution is 0.102. The van der Waals surface area contributed by atoms with E-state index in [1.165, 1.54) is 4.31 Å². The van der Waals surface area contributed by atoms with E-state index in [2.05, 4.69) is 5.32 Å². The van der Waals surface area contributed by atoms with Crippen LogP contribution < -0.4 is 9.62 Å². The number of anilines is 2. The van der Waals surface area contributed by atoms with Crippen LogP contribution in [-0.2, 0) is 16.4 Å². The summed E-state index contributed by atoms with van der Waals surface area (Å²) < 4.78 is 26.0. The first-order chi connectivity index (χ1) is 12.3. The number of fused-ring (bicyclic) bond motifs is 1. The summed E-state index contributed by atoms with van der Waals surface area (Å²) in [5, 5.41) is 3.42. The van der Waals surface area contributed by atoms with E-state index in [-0.39, 0.29) is 11.7 Å². The normalized spacial score (nSPS) is 14.0. The molecular weight excluding hydrogens is 372 g/mol. The number of carbonyl (C=O) groups excluding carboxylic acids is 1. The molecule has 0 aliphatic carbocycles. The van der Waals surface area contributed by atoms with Gasteiger partial charge in [0.05, 0.1) is 11.4 Å². The van der Waals surface area contributed by atoms with E-state index in [9.17, 15) is 13.2 Å². The Morgan fingerprint density at radius 3 is 2.73 bits per heavy atom. The van der Waals surface area contributed by atoms with Gasteiger partial charge in [0.1, 0.15) is 0 Å². The van der Waals surface area contributed by atoms with E-state index in [0.29, 0.717) is 28.5 Å². The SMILES string of the molecule is CCS(=O)(=O)N1CCCc2cc(C(=O)Nc3cc(Cl)ccc3C)ccc21. The van der Waals surface area contributed by atoms with Crippen molar-refractivity contribution in [3.8, 4) is 0 Å². The molecule has 2 aromatic carbocycles. The summed E-state index contributed by atoms with van der Waals surface area (Å²) >= 11 is 6.00. The summed E-state index contributed by atoms with van der Waals surface area (Å²) in [6.45, 7) is 4.02. The highest BCUT2D eigenvalue weighted by atomic mass is 35.5. The van der Waals surface area contributed by atoms with E-state index in [1.54, 1.807) is 37.3 Å². The van der Waals surface area contributed by atoms with Gasteiger partial charge in [-0.15, -0.1) is 0 Å². The van der Waals surface area contributed by atoms with Crippen molar-refractivity contribution in [1.29, 1.82) is 0 Å². The van der Waals surface area contributed by atoms with E-state index in [1.807, 2.05) is 13.0 Å². The molecule has 26 heavy (non-hydrogen) atoms. The van der Waals surface area contributed by atoms with Crippen LogP contribution in [0, 0.1) is 6.92 Å². The van der Waals surface area contributed by atoms with Crippen LogP contribution >= 0.6 is 11.6 Å². The summed E-state index contributed by atoms with van der Waals surface area (Å²) in [7, 11) is -3.31. The zero-order valence-electron chi connectivity index (χ0n) is 14.8. The van der Waals surface area contributed by atoms with Crippen LogP contribution in [0.25, 0.3) is 0 Å². The highest BCUT2D eigenvalue weighted by molar-refractivity contribution is 7.92. The molecule has 138 valence electrons. The highest BCUT2D eigenvalue weighted by Crippen LogP contribution is 2.31. The Balaban J connectivity index is 1.89. The summed E-state index contributed by atoms with van der Waals surface area (Å²) in [5.74, 6) is -0.184. The van der Waals surface area contributed by atoms with Crippen molar-refractivity contribution in [1.82, 2.24) is 0 Å². The molecule has 3 rings (SSSR count). The maximum atomic E-state index is 12.6. The average molecular weight is 393 g/mol. The average Bonchev–Trinajstić information content (AvgIpc) is 2.63. The predicted molar refractivity (Wildman–Crippen MR) is 106 cm³/mol. The molecule has 0 spiro atoms. The molecule has 1 amide bonds. The van der Waals surface area contributed by atoms with Gasteiger partial charge in [-0.1, -0.05) is 17.7 Å². The van der Waals surface area contributed by atoms with Crippen molar-refractivity contribution in [3.63, 3.8) is 0 Å². The number of rotatable bonds is 4. The van der Waals surface area contributed by atoms with E-state index >= 15 is 0 Å². The zero-order chi connectivity index (χ0) is 18.9. The summed E-state index contributed by atoms with van der Waals surface area (Å²) in [4.78, 5) is 12.6. The second-order valence-electron chi connectivity index (χ2n) is 6.33. The Labute approximate surface area is 159 Å². The van der Waals surface area contributed by atoms with E-state index in [4.69, 9.17) is 11.6 Å². The second-order valence-corrected chi connectivity index (χ2v) is 8.95. The molecule has 1 heterocycles. The van der Waals surface area contributed by atoms with Gasteiger partial charge in [-0.05, 0) is 68.1 Å². The molecule has 0 saturated heterocycles. The number of aryl methyl sites for hydroxylation is 2. The Morgan fingerprint density at radius 2 is 2.00 bits per heavy atom. The van der Waals surface area contributed by atoms with Crippen molar-refractivity contribution in [2.45, 2.75) is 26.7 Å². The van der Waals surface area contributed by atoms with E-state index in [0.717, 1.165) is 24.0 Å². The molecule has 5 nitrogen and oxygen atoms in total. The molecule has 0 saturated carbocycles. The molecule has 1 aliphatic heterocycles. The molecule has 1 aliphatic rings. The van der Waals surface area contributed by atoms with Crippen molar-refractivity contribution >= 4 is 38.9 Å². The number of carbonyl (C=O) groups is 1. The third-order valence-corrected chi connectivity index (χ3v) is 6.58. The van der Waals surface area contributed by atoms with Crippen molar-refractivity contribution in [2.75, 3.05) is 21.9 Å². The van der Waals surface area contributed by atoms with Crippen LogP contribution in [0.15, 0.2) is 36.4 Å². The Bertz CT molecular complexity index is 957. The lowest BCUT2D eigenvalue weighted by atomic mass is 10.0. The fourth-order valence-corrected chi connectivity index (χ4v) is 4.44. The predicted octanol–water partition coefficient (Wildman–Crippen LogP) is 4.00. The maximum absolute atomic E-state index is 12.6. The molecule has 0 fully saturated rings. The first-order valence-electron chi connectivity index (χ1n) is 8.52. The minimum atomic E-state index is -3.31. The number of hydrogen-bond donors (Lipinski definition) is 1. The molecule has 0 aromatic heterocycles. The van der Waals surface area contributed by atoms with E-state index < -0.39 is 10.0 Å². The largest absolute Gasteiger partial charge is 0.322 e. The quantitative estimate of drug-likeness (QED) is 0.855. The molecule has 0 radical (unpaired) electrons. The Kier molecular flexibility index (Phi) is 5.25. The number of benzene rings is 2. The summed E-state index contributed by atoms with van der Waals surface area (Å²) in [6.07, 6.45) is 1.49. The standard InChI is InChI=1S/C19H21ClN2O3S/c1-3-26(24,25)22-10-4-5-14-11-15(7-9-18(14)22)19(23)21-17-12-16(20)8-6-13(17)2/h6-9,11-12H,3-5,10H2,1-2H3,(H,21,23). The fraction of sp³-hybridized carbons (Fsp3) is 0.316. The van der Waals surface area contributed by atoms with Crippen molar-refractivity contribution < 1.29 is 13.2 Å². The van der Waals surface area contributed by atoms with Gasteiger partial charge in [0, 0.05) is 22.8 Å². The summed E-state index contributed by atoms with van der Waals surface area (Å²) in [5.41, 5.74) is 3.63. The molecule has 0 bridgehead atoms. The lowest BCUT2D eigenvalue weighted by Gasteiger charge is -2.30. The van der Waals surface area contributed by atoms with Gasteiger partial charge in [-0.2, -0.15) is 0 Å². The minimum Gasteiger partial charge on any atom is -0.322 e. The van der Waals surface area contributed by atoms with Gasteiger partial charge in [0.15, 0.2) is 0 Å². The van der Waals surface area contributed by atoms with Gasteiger partial charge >= 0.3 is 0 Å². The molecule has 2 aromatic rings. The van der Waals surface area contributed by atoms with Crippen molar-refractivity contribution in [3.05, 3.63) is 58.1 Å². The second kappa shape index (κ2) is 7.29. The number of halogens is 1. The van der Waals surface area contributed by atoms with Crippen LogP contribution in [0.5, 0.6) is 0 Å². The van der Waals surface area contributed by atoms with Crippen LogP contribution in [-0.4, -0.2) is 26.6 Å².